The Labute approximate surface area is 154 Å². The van der Waals surface area contributed by atoms with Gasteiger partial charge in [0, 0.05) is 26.2 Å². The summed E-state index contributed by atoms with van der Waals surface area (Å²) in [5.74, 6) is 0.0796. The number of sulfonamides is 1. The zero-order valence-corrected chi connectivity index (χ0v) is 15.6. The highest BCUT2D eigenvalue weighted by atomic mass is 35.5. The van der Waals surface area contributed by atoms with Gasteiger partial charge in [-0.3, -0.25) is 4.79 Å². The van der Waals surface area contributed by atoms with E-state index >= 15 is 0 Å². The quantitative estimate of drug-likeness (QED) is 0.759. The van der Waals surface area contributed by atoms with Crippen molar-refractivity contribution in [2.24, 2.45) is 5.92 Å². The number of benzene rings is 1. The van der Waals surface area contributed by atoms with Crippen LogP contribution in [0.3, 0.4) is 0 Å². The Balaban J connectivity index is 0.00000225. The number of halogens is 1. The van der Waals surface area contributed by atoms with E-state index in [0.717, 1.165) is 25.1 Å². The van der Waals surface area contributed by atoms with Gasteiger partial charge in [-0.05, 0) is 30.7 Å². The van der Waals surface area contributed by atoms with Crippen LogP contribution in [0.4, 0.5) is 0 Å². The maximum atomic E-state index is 12.5. The van der Waals surface area contributed by atoms with Gasteiger partial charge >= 0.3 is 0 Å². The fourth-order valence-corrected chi connectivity index (χ4v) is 4.34. The van der Waals surface area contributed by atoms with Gasteiger partial charge in [-0.1, -0.05) is 12.1 Å². The number of carbonyl (C=O) groups excluding carboxylic acids is 1. The number of hydrogen-bond donors (Lipinski definition) is 2. The summed E-state index contributed by atoms with van der Waals surface area (Å²) < 4.78 is 31.7. The van der Waals surface area contributed by atoms with Gasteiger partial charge in [0.2, 0.25) is 15.9 Å². The largest absolute Gasteiger partial charge is 0.379 e. The molecule has 2 aliphatic rings. The number of hydrogen-bond acceptors (Lipinski definition) is 5. The van der Waals surface area contributed by atoms with Crippen LogP contribution in [0.15, 0.2) is 29.2 Å². The Kier molecular flexibility index (Phi) is 7.21. The van der Waals surface area contributed by atoms with Crippen LogP contribution in [0.25, 0.3) is 0 Å². The Morgan fingerprint density at radius 1 is 1.24 bits per heavy atom. The Bertz CT molecular complexity index is 669. The molecule has 0 radical (unpaired) electrons. The molecule has 3 rings (SSSR count). The summed E-state index contributed by atoms with van der Waals surface area (Å²) in [6.07, 6.45) is 0.864. The molecule has 2 saturated heterocycles. The molecule has 0 spiro atoms. The lowest BCUT2D eigenvalue weighted by Crippen LogP contribution is -2.40. The van der Waals surface area contributed by atoms with Crippen LogP contribution >= 0.6 is 12.4 Å². The predicted molar refractivity (Wildman–Crippen MR) is 96.1 cm³/mol. The SMILES string of the molecule is Cl.O=C(NCc1ccc(S(=O)(=O)N2CCOCC2)cc1)C1CCNC1. The third-order valence-electron chi connectivity index (χ3n) is 4.43. The minimum atomic E-state index is -3.47. The molecule has 2 N–H and O–H groups in total. The molecule has 0 bridgehead atoms. The first kappa shape index (κ1) is 20.1. The highest BCUT2D eigenvalue weighted by molar-refractivity contribution is 7.89. The molecule has 1 aromatic carbocycles. The van der Waals surface area contributed by atoms with E-state index in [1.165, 1.54) is 4.31 Å². The average Bonchev–Trinajstić information content (AvgIpc) is 3.15. The summed E-state index contributed by atoms with van der Waals surface area (Å²) >= 11 is 0. The van der Waals surface area contributed by atoms with Crippen molar-refractivity contribution in [1.82, 2.24) is 14.9 Å². The van der Waals surface area contributed by atoms with Crippen molar-refractivity contribution in [2.75, 3.05) is 39.4 Å². The molecule has 25 heavy (non-hydrogen) atoms. The van der Waals surface area contributed by atoms with Gasteiger partial charge in [-0.2, -0.15) is 4.31 Å². The highest BCUT2D eigenvalue weighted by Gasteiger charge is 2.26. The molecule has 0 aromatic heterocycles. The Hall–Kier alpha value is -1.19. The summed E-state index contributed by atoms with van der Waals surface area (Å²) in [6, 6.07) is 6.70. The lowest BCUT2D eigenvalue weighted by Gasteiger charge is -2.26. The van der Waals surface area contributed by atoms with Gasteiger partial charge in [0.05, 0.1) is 24.0 Å². The minimum absolute atomic E-state index is 0. The van der Waals surface area contributed by atoms with Crippen LogP contribution in [0.1, 0.15) is 12.0 Å². The summed E-state index contributed by atoms with van der Waals surface area (Å²) in [6.45, 7) is 3.64. The van der Waals surface area contributed by atoms with Crippen molar-refractivity contribution in [3.05, 3.63) is 29.8 Å². The second-order valence-electron chi connectivity index (χ2n) is 6.07. The molecule has 0 saturated carbocycles. The number of rotatable bonds is 5. The molecule has 9 heteroatoms. The Morgan fingerprint density at radius 3 is 2.52 bits per heavy atom. The van der Waals surface area contributed by atoms with Crippen LogP contribution in [0.5, 0.6) is 0 Å². The van der Waals surface area contributed by atoms with E-state index in [9.17, 15) is 13.2 Å². The summed E-state index contributed by atoms with van der Waals surface area (Å²) in [4.78, 5) is 12.3. The van der Waals surface area contributed by atoms with E-state index in [2.05, 4.69) is 10.6 Å². The maximum absolute atomic E-state index is 12.5. The maximum Gasteiger partial charge on any atom is 0.243 e. The Morgan fingerprint density at radius 2 is 1.92 bits per heavy atom. The zero-order chi connectivity index (χ0) is 17.0. The topological polar surface area (TPSA) is 87.7 Å². The van der Waals surface area contributed by atoms with E-state index in [-0.39, 0.29) is 29.1 Å². The summed E-state index contributed by atoms with van der Waals surface area (Å²) in [5, 5.41) is 6.07. The first-order valence-electron chi connectivity index (χ1n) is 8.22. The van der Waals surface area contributed by atoms with Crippen molar-refractivity contribution in [2.45, 2.75) is 17.9 Å². The normalized spacial score (nSPS) is 21.5. The van der Waals surface area contributed by atoms with Gasteiger partial charge < -0.3 is 15.4 Å². The third kappa shape index (κ3) is 4.92. The molecule has 1 amide bonds. The van der Waals surface area contributed by atoms with Crippen LogP contribution in [-0.4, -0.2) is 58.0 Å². The van der Waals surface area contributed by atoms with Gasteiger partial charge in [0.25, 0.3) is 0 Å². The van der Waals surface area contributed by atoms with E-state index in [1.54, 1.807) is 24.3 Å². The molecule has 1 unspecified atom stereocenters. The number of nitrogens with zero attached hydrogens (tertiary/aromatic N) is 1. The molecular weight excluding hydrogens is 366 g/mol. The van der Waals surface area contributed by atoms with Crippen molar-refractivity contribution in [1.29, 1.82) is 0 Å². The van der Waals surface area contributed by atoms with Crippen LogP contribution in [-0.2, 0) is 26.1 Å². The number of nitrogens with one attached hydrogen (secondary N) is 2. The van der Waals surface area contributed by atoms with Crippen molar-refractivity contribution in [3.63, 3.8) is 0 Å². The van der Waals surface area contributed by atoms with E-state index in [0.29, 0.717) is 32.8 Å². The van der Waals surface area contributed by atoms with Crippen LogP contribution in [0.2, 0.25) is 0 Å². The first-order chi connectivity index (χ1) is 11.6. The molecule has 2 fully saturated rings. The van der Waals surface area contributed by atoms with Gasteiger partial charge in [-0.15, -0.1) is 12.4 Å². The van der Waals surface area contributed by atoms with Gasteiger partial charge in [0.1, 0.15) is 0 Å². The van der Waals surface area contributed by atoms with Gasteiger partial charge in [-0.25, -0.2) is 8.42 Å². The van der Waals surface area contributed by atoms with E-state index < -0.39 is 10.0 Å². The molecule has 1 atom stereocenters. The summed E-state index contributed by atoms with van der Waals surface area (Å²) in [5.41, 5.74) is 0.884. The molecular formula is C16H24ClN3O4S. The van der Waals surface area contributed by atoms with Gasteiger partial charge in [0.15, 0.2) is 0 Å². The lowest BCUT2D eigenvalue weighted by molar-refractivity contribution is -0.124. The minimum Gasteiger partial charge on any atom is -0.379 e. The van der Waals surface area contributed by atoms with Crippen LogP contribution in [0, 0.1) is 5.92 Å². The number of carbonyl (C=O) groups is 1. The number of ether oxygens (including phenoxy) is 1. The van der Waals surface area contributed by atoms with Crippen molar-refractivity contribution >= 4 is 28.3 Å². The molecule has 2 aliphatic heterocycles. The molecule has 0 aliphatic carbocycles. The smallest absolute Gasteiger partial charge is 0.243 e. The fraction of sp³-hybridized carbons (Fsp3) is 0.562. The molecule has 2 heterocycles. The van der Waals surface area contributed by atoms with E-state index in [4.69, 9.17) is 4.74 Å². The summed E-state index contributed by atoms with van der Waals surface area (Å²) in [7, 11) is -3.47. The second kappa shape index (κ2) is 8.95. The predicted octanol–water partition coefficient (Wildman–Crippen LogP) is 0.355. The number of amides is 1. The molecule has 140 valence electrons. The molecule has 1 aromatic rings. The van der Waals surface area contributed by atoms with Crippen molar-refractivity contribution < 1.29 is 17.9 Å². The first-order valence-corrected chi connectivity index (χ1v) is 9.66. The van der Waals surface area contributed by atoms with Crippen LogP contribution < -0.4 is 10.6 Å². The number of morpholine rings is 1. The second-order valence-corrected chi connectivity index (χ2v) is 8.01. The molecule has 7 nitrogen and oxygen atoms in total. The monoisotopic (exact) mass is 389 g/mol. The lowest BCUT2D eigenvalue weighted by atomic mass is 10.1. The highest BCUT2D eigenvalue weighted by Crippen LogP contribution is 2.18. The zero-order valence-electron chi connectivity index (χ0n) is 13.9. The third-order valence-corrected chi connectivity index (χ3v) is 6.34. The fourth-order valence-electron chi connectivity index (χ4n) is 2.93. The average molecular weight is 390 g/mol. The standard InChI is InChI=1S/C16H23N3O4S.ClH/c20-16(14-5-6-17-12-14)18-11-13-1-3-15(4-2-13)24(21,22)19-7-9-23-10-8-19;/h1-4,14,17H,5-12H2,(H,18,20);1H. The van der Waals surface area contributed by atoms with E-state index in [1.807, 2.05) is 0 Å². The van der Waals surface area contributed by atoms with Crippen molar-refractivity contribution in [3.8, 4) is 0 Å².